The number of ether oxygens (including phenoxy) is 7. The maximum Gasteiger partial charge on any atom is 0.229 e. The normalized spacial score (nSPS) is 30.6. The van der Waals surface area contributed by atoms with Crippen molar-refractivity contribution in [1.29, 1.82) is 0 Å². The molecule has 1 aromatic heterocycles. The van der Waals surface area contributed by atoms with Crippen molar-refractivity contribution in [3.63, 3.8) is 0 Å². The first kappa shape index (κ1) is 31.9. The Hall–Kier alpha value is -3.51. The molecule has 2 saturated heterocycles. The van der Waals surface area contributed by atoms with Crippen LogP contribution in [0, 0.1) is 0 Å². The highest BCUT2D eigenvalue weighted by Crippen LogP contribution is 2.42. The summed E-state index contributed by atoms with van der Waals surface area (Å²) in [6.07, 6.45) is -13.2. The van der Waals surface area contributed by atoms with Crippen LogP contribution >= 0.6 is 0 Å². The zero-order chi connectivity index (χ0) is 31.7. The van der Waals surface area contributed by atoms with Crippen molar-refractivity contribution in [3.05, 3.63) is 46.8 Å². The Balaban J connectivity index is 1.60. The number of hydrogen-bond acceptors (Lipinski definition) is 15. The smallest absolute Gasteiger partial charge is 0.229 e. The lowest BCUT2D eigenvalue weighted by molar-refractivity contribution is -0.344. The van der Waals surface area contributed by atoms with Crippen LogP contribution in [-0.4, -0.2) is 120 Å². The van der Waals surface area contributed by atoms with Gasteiger partial charge in [-0.3, -0.25) is 4.79 Å². The number of rotatable bonds is 9. The maximum absolute atomic E-state index is 14.0. The van der Waals surface area contributed by atoms with Crippen LogP contribution in [0.25, 0.3) is 22.1 Å². The van der Waals surface area contributed by atoms with Gasteiger partial charge in [0.25, 0.3) is 0 Å². The number of hydrogen-bond donors (Lipinski definition) is 6. The molecule has 0 aliphatic carbocycles. The van der Waals surface area contributed by atoms with Gasteiger partial charge in [-0.05, 0) is 17.7 Å². The zero-order valence-corrected chi connectivity index (χ0v) is 23.9. The molecular weight excluding hydrogens is 588 g/mol. The summed E-state index contributed by atoms with van der Waals surface area (Å²) in [6, 6.07) is 7.99. The molecule has 0 unspecified atom stereocenters. The van der Waals surface area contributed by atoms with Crippen molar-refractivity contribution in [2.24, 2.45) is 0 Å². The molecule has 3 heterocycles. The Morgan fingerprint density at radius 2 is 1.59 bits per heavy atom. The third kappa shape index (κ3) is 5.81. The summed E-state index contributed by atoms with van der Waals surface area (Å²) in [5.74, 6) is 0.593. The van der Waals surface area contributed by atoms with Gasteiger partial charge in [-0.25, -0.2) is 0 Å². The molecular formula is C29H34O15. The molecule has 0 amide bonds. The summed E-state index contributed by atoms with van der Waals surface area (Å²) in [5.41, 5.74) is 0.0767. The minimum absolute atomic E-state index is 0.0418. The third-order valence-corrected chi connectivity index (χ3v) is 7.57. The molecule has 240 valence electrons. The molecule has 0 saturated carbocycles. The van der Waals surface area contributed by atoms with Crippen LogP contribution in [-0.2, 0) is 14.2 Å². The lowest BCUT2D eigenvalue weighted by Gasteiger charge is -2.44. The molecule has 0 radical (unpaired) electrons. The fourth-order valence-electron chi connectivity index (χ4n) is 5.11. The van der Waals surface area contributed by atoms with Gasteiger partial charge in [0.15, 0.2) is 23.7 Å². The Labute approximate surface area is 250 Å². The fourth-order valence-corrected chi connectivity index (χ4v) is 5.11. The first-order chi connectivity index (χ1) is 21.1. The average molecular weight is 623 g/mol. The van der Waals surface area contributed by atoms with E-state index in [-0.39, 0.29) is 33.8 Å². The van der Waals surface area contributed by atoms with Crippen LogP contribution < -0.4 is 24.4 Å². The molecule has 2 aliphatic heterocycles. The Morgan fingerprint density at radius 1 is 0.864 bits per heavy atom. The van der Waals surface area contributed by atoms with Gasteiger partial charge >= 0.3 is 0 Å². The van der Waals surface area contributed by atoms with Crippen LogP contribution in [0.15, 0.2) is 45.8 Å². The molecule has 0 bridgehead atoms. The summed E-state index contributed by atoms with van der Waals surface area (Å²) in [4.78, 5) is 14.0. The van der Waals surface area contributed by atoms with Crippen molar-refractivity contribution in [2.45, 2.75) is 55.3 Å². The van der Waals surface area contributed by atoms with E-state index in [2.05, 4.69) is 0 Å². The standard InChI is InChI=1S/C29H34O15/c1-37-13-6-4-12(5-7-13)14-10-40-26-19(20(14)32)16(8-17(38-2)25(26)39-3)42-29-27(23(35)22(34)18(9-30)43-29)44-28-24(36)21(33)15(31)11-41-28/h4-8,10,15,18,21-24,27-31,33-36H,9,11H2,1-3H3/t15-,18-,21+,22-,23+,24-,27-,28-,29-/m0/s1. The van der Waals surface area contributed by atoms with E-state index in [9.17, 15) is 35.4 Å². The topological polar surface area (TPSA) is 216 Å². The molecule has 5 rings (SSSR count). The van der Waals surface area contributed by atoms with Crippen LogP contribution in [0.4, 0.5) is 0 Å². The number of methoxy groups -OCH3 is 3. The van der Waals surface area contributed by atoms with Gasteiger partial charge in [0, 0.05) is 6.07 Å². The van der Waals surface area contributed by atoms with Gasteiger partial charge in [0.1, 0.15) is 59.8 Å². The van der Waals surface area contributed by atoms with E-state index in [1.165, 1.54) is 33.7 Å². The lowest BCUT2D eigenvalue weighted by Crippen LogP contribution is -2.63. The second-order valence-corrected chi connectivity index (χ2v) is 10.2. The second-order valence-electron chi connectivity index (χ2n) is 10.2. The van der Waals surface area contributed by atoms with Gasteiger partial charge in [-0.1, -0.05) is 12.1 Å². The van der Waals surface area contributed by atoms with E-state index < -0.39 is 74.0 Å². The first-order valence-corrected chi connectivity index (χ1v) is 13.6. The van der Waals surface area contributed by atoms with Crippen molar-refractivity contribution < 1.29 is 68.2 Å². The molecule has 15 nitrogen and oxygen atoms in total. The fraction of sp³-hybridized carbons (Fsp3) is 0.483. The van der Waals surface area contributed by atoms with Gasteiger partial charge in [0.2, 0.25) is 17.5 Å². The minimum Gasteiger partial charge on any atom is -0.497 e. The minimum atomic E-state index is -1.77. The number of fused-ring (bicyclic) bond motifs is 1. The summed E-state index contributed by atoms with van der Waals surface area (Å²) >= 11 is 0. The highest BCUT2D eigenvalue weighted by atomic mass is 16.8. The average Bonchev–Trinajstić information content (AvgIpc) is 3.04. The number of aliphatic hydroxyl groups is 6. The molecule has 6 N–H and O–H groups in total. The van der Waals surface area contributed by atoms with Crippen molar-refractivity contribution in [1.82, 2.24) is 0 Å². The summed E-state index contributed by atoms with van der Waals surface area (Å²) in [7, 11) is 4.22. The summed E-state index contributed by atoms with van der Waals surface area (Å²) in [6.45, 7) is -1.13. The molecule has 0 spiro atoms. The molecule has 9 atom stereocenters. The van der Waals surface area contributed by atoms with E-state index in [0.717, 1.165) is 0 Å². The van der Waals surface area contributed by atoms with Gasteiger partial charge in [0.05, 0.1) is 40.1 Å². The quantitative estimate of drug-likeness (QED) is 0.171. The Kier molecular flexibility index (Phi) is 9.59. The zero-order valence-electron chi connectivity index (χ0n) is 23.9. The molecule has 2 aliphatic rings. The number of benzene rings is 2. The van der Waals surface area contributed by atoms with Crippen LogP contribution in [0.1, 0.15) is 0 Å². The first-order valence-electron chi connectivity index (χ1n) is 13.6. The van der Waals surface area contributed by atoms with E-state index in [4.69, 9.17) is 37.6 Å². The molecule has 44 heavy (non-hydrogen) atoms. The largest absolute Gasteiger partial charge is 0.497 e. The highest BCUT2D eigenvalue weighted by Gasteiger charge is 2.50. The van der Waals surface area contributed by atoms with Crippen LogP contribution in [0.3, 0.4) is 0 Å². The van der Waals surface area contributed by atoms with E-state index in [1.807, 2.05) is 0 Å². The van der Waals surface area contributed by atoms with Gasteiger partial charge in [-0.2, -0.15) is 0 Å². The number of aliphatic hydroxyl groups excluding tert-OH is 6. The molecule has 15 heteroatoms. The summed E-state index contributed by atoms with van der Waals surface area (Å²) < 4.78 is 44.9. The molecule has 2 aromatic carbocycles. The van der Waals surface area contributed by atoms with Crippen LogP contribution in [0.5, 0.6) is 23.0 Å². The van der Waals surface area contributed by atoms with E-state index in [0.29, 0.717) is 11.3 Å². The predicted octanol–water partition coefficient (Wildman–Crippen LogP) is -0.872. The van der Waals surface area contributed by atoms with Gasteiger partial charge < -0.3 is 68.2 Å². The van der Waals surface area contributed by atoms with Gasteiger partial charge in [-0.15, -0.1) is 0 Å². The van der Waals surface area contributed by atoms with Crippen molar-refractivity contribution in [3.8, 4) is 34.1 Å². The Morgan fingerprint density at radius 3 is 2.23 bits per heavy atom. The van der Waals surface area contributed by atoms with Crippen LogP contribution in [0.2, 0.25) is 0 Å². The molecule has 3 aromatic rings. The SMILES string of the molecule is COc1ccc(-c2coc3c(OC)c(OC)cc(O[C@H]4O[C@@H](CO)[C@H](O)[C@@H](O)[C@@H]4O[C@@H]4OC[C@H](O)[C@@H](O)[C@@H]4O)c3c2=O)cc1. The van der Waals surface area contributed by atoms with E-state index in [1.54, 1.807) is 24.3 Å². The van der Waals surface area contributed by atoms with Crippen molar-refractivity contribution >= 4 is 11.0 Å². The second kappa shape index (κ2) is 13.2. The monoisotopic (exact) mass is 622 g/mol. The highest BCUT2D eigenvalue weighted by molar-refractivity contribution is 5.93. The maximum atomic E-state index is 14.0. The lowest BCUT2D eigenvalue weighted by atomic mass is 9.98. The van der Waals surface area contributed by atoms with E-state index >= 15 is 0 Å². The predicted molar refractivity (Wildman–Crippen MR) is 149 cm³/mol. The summed E-state index contributed by atoms with van der Waals surface area (Å²) in [5, 5.41) is 61.6. The van der Waals surface area contributed by atoms with Crippen molar-refractivity contribution in [2.75, 3.05) is 34.5 Å². The third-order valence-electron chi connectivity index (χ3n) is 7.57. The Bertz CT molecular complexity index is 1490. The molecule has 2 fully saturated rings.